The number of ketones is 1. The van der Waals surface area contributed by atoms with Gasteiger partial charge in [0.05, 0.1) is 0 Å². The van der Waals surface area contributed by atoms with Gasteiger partial charge in [0.25, 0.3) is 0 Å². The summed E-state index contributed by atoms with van der Waals surface area (Å²) < 4.78 is 0. The van der Waals surface area contributed by atoms with Gasteiger partial charge in [-0.3, -0.25) is 4.79 Å². The van der Waals surface area contributed by atoms with Crippen molar-refractivity contribution in [3.63, 3.8) is 0 Å². The highest BCUT2D eigenvalue weighted by molar-refractivity contribution is 5.97. The molecule has 4 heteroatoms. The summed E-state index contributed by atoms with van der Waals surface area (Å²) in [5, 5.41) is 0. The number of nitrogens with zero attached hydrogens (tertiary/aromatic N) is 1. The first-order valence-electron chi connectivity index (χ1n) is 6.80. The normalized spacial score (nSPS) is 16.4. The number of urea groups is 1. The van der Waals surface area contributed by atoms with Crippen LogP contribution in [-0.4, -0.2) is 29.8 Å². The summed E-state index contributed by atoms with van der Waals surface area (Å²) in [6, 6.07) is 7.47. The fourth-order valence-electron chi connectivity index (χ4n) is 2.71. The zero-order valence-corrected chi connectivity index (χ0v) is 11.3. The molecule has 2 N–H and O–H groups in total. The molecule has 102 valence electrons. The third kappa shape index (κ3) is 2.95. The van der Waals surface area contributed by atoms with Crippen LogP contribution in [0.5, 0.6) is 0 Å². The summed E-state index contributed by atoms with van der Waals surface area (Å²) in [4.78, 5) is 24.7. The molecule has 2 amide bonds. The molecular formula is C15H20N2O2. The molecule has 1 aromatic rings. The van der Waals surface area contributed by atoms with Crippen molar-refractivity contribution in [1.29, 1.82) is 0 Å². The number of rotatable bonds is 3. The number of carbonyl (C=O) groups excluding carboxylic acids is 2. The lowest BCUT2D eigenvalue weighted by Crippen LogP contribution is -2.41. The molecule has 1 fully saturated rings. The molecule has 1 aliphatic rings. The largest absolute Gasteiger partial charge is 0.351 e. The quantitative estimate of drug-likeness (QED) is 0.849. The van der Waals surface area contributed by atoms with E-state index in [0.717, 1.165) is 24.0 Å². The molecule has 0 saturated carbocycles. The Labute approximate surface area is 113 Å². The highest BCUT2D eigenvalue weighted by Gasteiger charge is 2.24. The lowest BCUT2D eigenvalue weighted by atomic mass is 9.85. The van der Waals surface area contributed by atoms with E-state index in [0.29, 0.717) is 25.4 Å². The Bertz CT molecular complexity index is 477. The number of benzene rings is 1. The Morgan fingerprint density at radius 3 is 2.47 bits per heavy atom. The van der Waals surface area contributed by atoms with Crippen LogP contribution >= 0.6 is 0 Å². The fraction of sp³-hybridized carbons (Fsp3) is 0.467. The summed E-state index contributed by atoms with van der Waals surface area (Å²) in [5.74, 6) is 0.537. The Morgan fingerprint density at radius 2 is 1.89 bits per heavy atom. The van der Waals surface area contributed by atoms with Crippen LogP contribution in [0.2, 0.25) is 0 Å². The van der Waals surface area contributed by atoms with Gasteiger partial charge in [-0.05, 0) is 24.3 Å². The molecule has 0 radical (unpaired) electrons. The van der Waals surface area contributed by atoms with Crippen LogP contribution in [0.4, 0.5) is 4.79 Å². The first kappa shape index (κ1) is 13.6. The van der Waals surface area contributed by atoms with E-state index in [-0.39, 0.29) is 11.8 Å². The average molecular weight is 260 g/mol. The molecule has 0 spiro atoms. The zero-order valence-electron chi connectivity index (χ0n) is 11.3. The summed E-state index contributed by atoms with van der Waals surface area (Å²) in [5.41, 5.74) is 7.24. The molecule has 1 saturated heterocycles. The molecule has 1 heterocycles. The van der Waals surface area contributed by atoms with Crippen LogP contribution in [0.3, 0.4) is 0 Å². The zero-order chi connectivity index (χ0) is 13.8. The number of hydrogen-bond donors (Lipinski definition) is 1. The van der Waals surface area contributed by atoms with Gasteiger partial charge in [-0.2, -0.15) is 0 Å². The first-order valence-corrected chi connectivity index (χ1v) is 6.80. The highest BCUT2D eigenvalue weighted by atomic mass is 16.2. The maximum atomic E-state index is 12.0. The van der Waals surface area contributed by atoms with E-state index in [2.05, 4.69) is 0 Å². The van der Waals surface area contributed by atoms with E-state index in [1.807, 2.05) is 31.2 Å². The number of hydrogen-bond acceptors (Lipinski definition) is 2. The summed E-state index contributed by atoms with van der Waals surface area (Å²) >= 11 is 0. The maximum absolute atomic E-state index is 12.0. The molecule has 1 aliphatic heterocycles. The molecular weight excluding hydrogens is 240 g/mol. The molecule has 4 nitrogen and oxygen atoms in total. The van der Waals surface area contributed by atoms with E-state index in [4.69, 9.17) is 5.73 Å². The van der Waals surface area contributed by atoms with Crippen molar-refractivity contribution in [3.05, 3.63) is 35.4 Å². The third-order valence-electron chi connectivity index (χ3n) is 3.83. The SMILES string of the molecule is CCC(=O)c1ccccc1C1CCN(C(N)=O)CC1. The molecule has 1 aromatic carbocycles. The average Bonchev–Trinajstić information content (AvgIpc) is 2.46. The fourth-order valence-corrected chi connectivity index (χ4v) is 2.71. The summed E-state index contributed by atoms with van der Waals surface area (Å²) in [6.07, 6.45) is 2.27. The molecule has 19 heavy (non-hydrogen) atoms. The number of amides is 2. The van der Waals surface area contributed by atoms with E-state index in [1.165, 1.54) is 0 Å². The molecule has 0 bridgehead atoms. The minimum atomic E-state index is -0.351. The standard InChI is InChI=1S/C15H20N2O2/c1-2-14(18)13-6-4-3-5-12(13)11-7-9-17(10-8-11)15(16)19/h3-6,11H,2,7-10H2,1H3,(H2,16,19). The second-order valence-corrected chi connectivity index (χ2v) is 4.96. The van der Waals surface area contributed by atoms with Crippen molar-refractivity contribution in [3.8, 4) is 0 Å². The Kier molecular flexibility index (Phi) is 4.20. The third-order valence-corrected chi connectivity index (χ3v) is 3.83. The van der Waals surface area contributed by atoms with Gasteiger partial charge in [0.15, 0.2) is 5.78 Å². The number of likely N-dealkylation sites (tertiary alicyclic amines) is 1. The van der Waals surface area contributed by atoms with Crippen molar-refractivity contribution in [2.45, 2.75) is 32.1 Å². The van der Waals surface area contributed by atoms with Gasteiger partial charge < -0.3 is 10.6 Å². The van der Waals surface area contributed by atoms with Gasteiger partial charge in [0, 0.05) is 25.1 Å². The van der Waals surface area contributed by atoms with E-state index >= 15 is 0 Å². The lowest BCUT2D eigenvalue weighted by Gasteiger charge is -2.31. The van der Waals surface area contributed by atoms with E-state index in [9.17, 15) is 9.59 Å². The number of primary amides is 1. The number of nitrogens with two attached hydrogens (primary N) is 1. The predicted molar refractivity (Wildman–Crippen MR) is 74.2 cm³/mol. The second kappa shape index (κ2) is 5.87. The monoisotopic (exact) mass is 260 g/mol. The Hall–Kier alpha value is -1.84. The van der Waals surface area contributed by atoms with Gasteiger partial charge in [0.2, 0.25) is 0 Å². The first-order chi connectivity index (χ1) is 9.13. The molecule has 2 rings (SSSR count). The Balaban J connectivity index is 2.15. The van der Waals surface area contributed by atoms with Gasteiger partial charge >= 0.3 is 6.03 Å². The lowest BCUT2D eigenvalue weighted by molar-refractivity contribution is 0.0986. The van der Waals surface area contributed by atoms with Gasteiger partial charge in [-0.1, -0.05) is 31.2 Å². The van der Waals surface area contributed by atoms with Crippen molar-refractivity contribution >= 4 is 11.8 Å². The van der Waals surface area contributed by atoms with Crippen molar-refractivity contribution in [2.24, 2.45) is 5.73 Å². The van der Waals surface area contributed by atoms with Crippen molar-refractivity contribution < 1.29 is 9.59 Å². The van der Waals surface area contributed by atoms with E-state index in [1.54, 1.807) is 4.90 Å². The van der Waals surface area contributed by atoms with Gasteiger partial charge in [-0.15, -0.1) is 0 Å². The summed E-state index contributed by atoms with van der Waals surface area (Å²) in [6.45, 7) is 3.23. The molecule has 0 atom stereocenters. The molecule has 0 aromatic heterocycles. The summed E-state index contributed by atoms with van der Waals surface area (Å²) in [7, 11) is 0. The molecule has 0 aliphatic carbocycles. The Morgan fingerprint density at radius 1 is 1.26 bits per heavy atom. The maximum Gasteiger partial charge on any atom is 0.314 e. The van der Waals surface area contributed by atoms with Crippen LogP contribution in [0.1, 0.15) is 48.0 Å². The van der Waals surface area contributed by atoms with Crippen LogP contribution in [0.25, 0.3) is 0 Å². The highest BCUT2D eigenvalue weighted by Crippen LogP contribution is 2.30. The minimum absolute atomic E-state index is 0.188. The predicted octanol–water partition coefficient (Wildman–Crippen LogP) is 2.54. The van der Waals surface area contributed by atoms with Crippen LogP contribution in [0.15, 0.2) is 24.3 Å². The second-order valence-electron chi connectivity index (χ2n) is 4.96. The smallest absolute Gasteiger partial charge is 0.314 e. The van der Waals surface area contributed by atoms with Crippen LogP contribution in [-0.2, 0) is 0 Å². The van der Waals surface area contributed by atoms with Crippen molar-refractivity contribution in [1.82, 2.24) is 4.90 Å². The number of Topliss-reactive ketones (excluding diaryl/α,β-unsaturated/α-hetero) is 1. The van der Waals surface area contributed by atoms with Crippen molar-refractivity contribution in [2.75, 3.05) is 13.1 Å². The van der Waals surface area contributed by atoms with Crippen LogP contribution < -0.4 is 5.73 Å². The minimum Gasteiger partial charge on any atom is -0.351 e. The number of carbonyl (C=O) groups is 2. The number of piperidine rings is 1. The van der Waals surface area contributed by atoms with Gasteiger partial charge in [-0.25, -0.2) is 4.79 Å². The van der Waals surface area contributed by atoms with Gasteiger partial charge in [0.1, 0.15) is 0 Å². The van der Waals surface area contributed by atoms with E-state index < -0.39 is 0 Å². The molecule has 0 unspecified atom stereocenters. The topological polar surface area (TPSA) is 63.4 Å². The van der Waals surface area contributed by atoms with Crippen LogP contribution in [0, 0.1) is 0 Å².